The van der Waals surface area contributed by atoms with Gasteiger partial charge in [-0.2, -0.15) is 0 Å². The van der Waals surface area contributed by atoms with Crippen molar-refractivity contribution in [3.63, 3.8) is 0 Å². The molecule has 3 N–H and O–H groups in total. The fourth-order valence-corrected chi connectivity index (χ4v) is 2.10. The van der Waals surface area contributed by atoms with E-state index in [4.69, 9.17) is 54.1 Å². The van der Waals surface area contributed by atoms with Crippen LogP contribution in [0, 0.1) is 0 Å². The molecule has 0 unspecified atom stereocenters. The first-order chi connectivity index (χ1) is 7.84. The Morgan fingerprint density at radius 3 is 2.29 bits per heavy atom. The molecule has 0 spiro atoms. The minimum atomic E-state index is -1.79. The fourth-order valence-electron chi connectivity index (χ4n) is 1.79. The van der Waals surface area contributed by atoms with Gasteiger partial charge in [-0.3, -0.25) is 0 Å². The highest BCUT2D eigenvalue weighted by molar-refractivity contribution is 6.67. The Hall–Kier alpha value is 0.630. The van der Waals surface area contributed by atoms with Crippen LogP contribution in [-0.2, 0) is 14.2 Å². The molecule has 0 radical (unpaired) electrons. The lowest BCUT2D eigenvalue weighted by atomic mass is 10.1. The maximum absolute atomic E-state index is 9.81. The van der Waals surface area contributed by atoms with Crippen molar-refractivity contribution in [1.82, 2.24) is 0 Å². The maximum Gasteiger partial charge on any atom is 0.241 e. The second-order valence-electron chi connectivity index (χ2n) is 3.82. The number of aliphatic hydroxyl groups excluding tert-OH is 3. The summed E-state index contributed by atoms with van der Waals surface area (Å²) < 4.78 is 13.8. The van der Waals surface area contributed by atoms with E-state index in [1.165, 1.54) is 0 Å². The lowest BCUT2D eigenvalue weighted by Gasteiger charge is -2.24. The zero-order chi connectivity index (χ0) is 12.8. The Kier molecular flexibility index (Phi) is 4.10. The first-order valence-corrected chi connectivity index (χ1v) is 5.98. The number of aliphatic hydroxyl groups is 3. The molecule has 0 aromatic carbocycles. The van der Waals surface area contributed by atoms with Crippen molar-refractivity contribution in [2.45, 2.75) is 40.8 Å². The predicted octanol–water partition coefficient (Wildman–Crippen LogP) is -0.463. The van der Waals surface area contributed by atoms with Gasteiger partial charge in [0.2, 0.25) is 10.1 Å². The third-order valence-corrected chi connectivity index (χ3v) is 3.14. The predicted molar refractivity (Wildman–Crippen MR) is 57.8 cm³/mol. The average molecular weight is 310 g/mol. The van der Waals surface area contributed by atoms with E-state index in [2.05, 4.69) is 0 Å². The van der Waals surface area contributed by atoms with Crippen LogP contribution in [0.25, 0.3) is 0 Å². The van der Waals surface area contributed by atoms with Gasteiger partial charge < -0.3 is 29.5 Å². The van der Waals surface area contributed by atoms with Gasteiger partial charge >= 0.3 is 0 Å². The molecule has 0 bridgehead atoms. The maximum atomic E-state index is 9.81. The number of alkyl halides is 3. The van der Waals surface area contributed by atoms with Gasteiger partial charge in [0, 0.05) is 0 Å². The highest BCUT2D eigenvalue weighted by atomic mass is 35.6. The summed E-state index contributed by atoms with van der Waals surface area (Å²) in [5, 5.41) is 28.0. The van der Waals surface area contributed by atoms with Gasteiger partial charge in [-0.15, -0.1) is 0 Å². The topological polar surface area (TPSA) is 88.4 Å². The number of fused-ring (bicyclic) bond motifs is 1. The van der Waals surface area contributed by atoms with E-state index in [1.54, 1.807) is 0 Å². The molecular weight excluding hydrogens is 298 g/mol. The van der Waals surface area contributed by atoms with Crippen molar-refractivity contribution in [2.24, 2.45) is 0 Å². The van der Waals surface area contributed by atoms with Crippen LogP contribution in [0.4, 0.5) is 0 Å². The molecule has 2 fully saturated rings. The van der Waals surface area contributed by atoms with Crippen molar-refractivity contribution in [2.75, 3.05) is 6.61 Å². The van der Waals surface area contributed by atoms with E-state index in [1.807, 2.05) is 0 Å². The van der Waals surface area contributed by atoms with Crippen LogP contribution >= 0.6 is 34.8 Å². The third kappa shape index (κ3) is 2.65. The van der Waals surface area contributed by atoms with Crippen LogP contribution < -0.4 is 0 Å². The summed E-state index contributed by atoms with van der Waals surface area (Å²) in [4.78, 5) is 0. The summed E-state index contributed by atoms with van der Waals surface area (Å²) in [7, 11) is 0. The van der Waals surface area contributed by atoms with Crippen LogP contribution in [0.3, 0.4) is 0 Å². The molecule has 0 aromatic rings. The molecule has 100 valence electrons. The van der Waals surface area contributed by atoms with Crippen LogP contribution in [0.15, 0.2) is 0 Å². The smallest absolute Gasteiger partial charge is 0.241 e. The van der Waals surface area contributed by atoms with Gasteiger partial charge in [0.25, 0.3) is 0 Å². The van der Waals surface area contributed by atoms with Gasteiger partial charge in [0.05, 0.1) is 6.61 Å². The van der Waals surface area contributed by atoms with Crippen LogP contribution in [0.5, 0.6) is 0 Å². The number of rotatable bonds is 2. The molecule has 17 heavy (non-hydrogen) atoms. The average Bonchev–Trinajstić information content (AvgIpc) is 2.77. The summed E-state index contributed by atoms with van der Waals surface area (Å²) in [5.74, 6) is 0. The molecule has 0 aliphatic carbocycles. The van der Waals surface area contributed by atoms with E-state index in [9.17, 15) is 10.2 Å². The van der Waals surface area contributed by atoms with Crippen molar-refractivity contribution >= 4 is 34.8 Å². The number of ether oxygens (including phenoxy) is 3. The molecule has 0 saturated carbocycles. The van der Waals surface area contributed by atoms with E-state index >= 15 is 0 Å². The van der Waals surface area contributed by atoms with E-state index in [0.29, 0.717) is 0 Å². The van der Waals surface area contributed by atoms with Crippen molar-refractivity contribution in [3.8, 4) is 0 Å². The Morgan fingerprint density at radius 1 is 1.18 bits per heavy atom. The summed E-state index contributed by atoms with van der Waals surface area (Å²) >= 11 is 16.7. The second-order valence-corrected chi connectivity index (χ2v) is 6.19. The molecule has 2 aliphatic heterocycles. The van der Waals surface area contributed by atoms with Crippen LogP contribution in [0.1, 0.15) is 0 Å². The lowest BCUT2D eigenvalue weighted by Crippen LogP contribution is -2.42. The van der Waals surface area contributed by atoms with Gasteiger partial charge in [-0.1, -0.05) is 34.8 Å². The minimum absolute atomic E-state index is 0.547. The standard InChI is InChI=1S/C8H11Cl3O6/c9-8(10,11)7-16-5-3(14)4(2(13)1-12)15-6(5)17-7/h2-7,12-14H,1H2/t2-,3+,4-,5-,6-,7+/m1/s1. The summed E-state index contributed by atoms with van der Waals surface area (Å²) in [6.45, 7) is -0.547. The molecule has 6 nitrogen and oxygen atoms in total. The number of hydrogen-bond acceptors (Lipinski definition) is 6. The quantitative estimate of drug-likeness (QED) is 0.598. The third-order valence-electron chi connectivity index (χ3n) is 2.60. The summed E-state index contributed by atoms with van der Waals surface area (Å²) in [6.07, 6.45) is -6.33. The molecule has 0 amide bonds. The van der Waals surface area contributed by atoms with Crippen molar-refractivity contribution in [1.29, 1.82) is 0 Å². The summed E-state index contributed by atoms with van der Waals surface area (Å²) in [6, 6.07) is 0. The minimum Gasteiger partial charge on any atom is -0.394 e. The molecule has 2 heterocycles. The second kappa shape index (κ2) is 4.96. The van der Waals surface area contributed by atoms with E-state index in [-0.39, 0.29) is 0 Å². The van der Waals surface area contributed by atoms with Crippen LogP contribution in [-0.4, -0.2) is 62.7 Å². The molecule has 2 saturated heterocycles. The fraction of sp³-hybridized carbons (Fsp3) is 1.00. The largest absolute Gasteiger partial charge is 0.394 e. The Bertz CT molecular complexity index is 285. The monoisotopic (exact) mass is 308 g/mol. The SMILES string of the molecule is OC[C@@H](O)[C@H]1O[C@@H]2O[C@@H](C(Cl)(Cl)Cl)O[C@@H]2[C@H]1O. The van der Waals surface area contributed by atoms with Crippen molar-refractivity contribution in [3.05, 3.63) is 0 Å². The van der Waals surface area contributed by atoms with Gasteiger partial charge in [0.1, 0.15) is 24.4 Å². The number of hydrogen-bond donors (Lipinski definition) is 3. The normalized spacial score (nSPS) is 43.8. The van der Waals surface area contributed by atoms with Gasteiger partial charge in [-0.05, 0) is 0 Å². The van der Waals surface area contributed by atoms with Gasteiger partial charge in [-0.25, -0.2) is 0 Å². The summed E-state index contributed by atoms with van der Waals surface area (Å²) in [5.41, 5.74) is 0. The molecular formula is C8H11Cl3O6. The first-order valence-electron chi connectivity index (χ1n) is 4.84. The molecule has 2 aliphatic rings. The molecule has 0 aromatic heterocycles. The van der Waals surface area contributed by atoms with Gasteiger partial charge in [0.15, 0.2) is 6.29 Å². The lowest BCUT2D eigenvalue weighted by molar-refractivity contribution is -0.188. The highest BCUT2D eigenvalue weighted by Gasteiger charge is 2.57. The molecule has 9 heteroatoms. The molecule has 6 atom stereocenters. The Labute approximate surface area is 112 Å². The van der Waals surface area contributed by atoms with Crippen LogP contribution in [0.2, 0.25) is 0 Å². The van der Waals surface area contributed by atoms with Crippen molar-refractivity contribution < 1.29 is 29.5 Å². The number of halogens is 3. The highest BCUT2D eigenvalue weighted by Crippen LogP contribution is 2.42. The van der Waals surface area contributed by atoms with E-state index < -0.39 is 47.4 Å². The Morgan fingerprint density at radius 2 is 1.82 bits per heavy atom. The molecule has 2 rings (SSSR count). The zero-order valence-corrected chi connectivity index (χ0v) is 10.6. The first kappa shape index (κ1) is 14.0. The van der Waals surface area contributed by atoms with E-state index in [0.717, 1.165) is 0 Å². The Balaban J connectivity index is 2.01. The zero-order valence-electron chi connectivity index (χ0n) is 8.37.